The Balaban J connectivity index is -0.00000112. The summed E-state index contributed by atoms with van der Waals surface area (Å²) in [6.45, 7) is 2.56. The van der Waals surface area contributed by atoms with Crippen molar-refractivity contribution in [1.29, 1.82) is 0 Å². The standard InChI is InChI=1S/C12H25BO3.2K/c1-2-3-4-5-6-7-8-9-10-11-12-16-13(14)15;;/h2-12H2,1H3;;/q-2;2*+1. The van der Waals surface area contributed by atoms with Crippen LogP contribution < -0.4 is 113 Å². The molecule has 0 aliphatic heterocycles. The Kier molecular flexibility index (Phi) is 32.7. The summed E-state index contributed by atoms with van der Waals surface area (Å²) in [5.74, 6) is 0. The van der Waals surface area contributed by atoms with E-state index in [9.17, 15) is 10.0 Å². The minimum Gasteiger partial charge on any atom is -0.871 e. The van der Waals surface area contributed by atoms with Crippen LogP contribution in [0, 0.1) is 0 Å². The first kappa shape index (κ1) is 26.1. The Morgan fingerprint density at radius 3 is 1.50 bits per heavy atom. The average molecular weight is 306 g/mol. The molecule has 0 bridgehead atoms. The van der Waals surface area contributed by atoms with Crippen LogP contribution in [-0.4, -0.2) is 13.9 Å². The van der Waals surface area contributed by atoms with Crippen LogP contribution in [0.4, 0.5) is 0 Å². The van der Waals surface area contributed by atoms with Gasteiger partial charge in [-0.3, -0.25) is 0 Å². The fraction of sp³-hybridized carbons (Fsp3) is 1.00. The molecule has 0 amide bonds. The van der Waals surface area contributed by atoms with E-state index in [0.717, 1.165) is 12.8 Å². The zero-order valence-corrected chi connectivity index (χ0v) is 18.8. The van der Waals surface area contributed by atoms with Gasteiger partial charge in [-0.25, -0.2) is 0 Å². The topological polar surface area (TPSA) is 55.3 Å². The van der Waals surface area contributed by atoms with Crippen molar-refractivity contribution in [3.05, 3.63) is 0 Å². The molecule has 0 saturated heterocycles. The third-order valence-corrected chi connectivity index (χ3v) is 2.75. The SMILES string of the molecule is CCCCCCCCCCCCOB([O-])[O-].[K+].[K+]. The van der Waals surface area contributed by atoms with Gasteiger partial charge in [-0.05, 0) is 6.42 Å². The van der Waals surface area contributed by atoms with Crippen molar-refractivity contribution in [2.24, 2.45) is 0 Å². The molecule has 3 nitrogen and oxygen atoms in total. The number of unbranched alkanes of at least 4 members (excludes halogenated alkanes) is 9. The first-order valence-electron chi connectivity index (χ1n) is 6.70. The summed E-state index contributed by atoms with van der Waals surface area (Å²) < 4.78 is 4.40. The van der Waals surface area contributed by atoms with Gasteiger partial charge in [0, 0.05) is 6.61 Å². The normalized spacial score (nSPS) is 9.50. The molecule has 0 heterocycles. The number of hydrogen-bond donors (Lipinski definition) is 0. The van der Waals surface area contributed by atoms with E-state index in [-0.39, 0.29) is 103 Å². The summed E-state index contributed by atoms with van der Waals surface area (Å²) in [6.07, 6.45) is 12.4. The van der Waals surface area contributed by atoms with Gasteiger partial charge in [0.15, 0.2) is 0 Å². The van der Waals surface area contributed by atoms with E-state index < -0.39 is 7.32 Å². The smallest absolute Gasteiger partial charge is 0.871 e. The van der Waals surface area contributed by atoms with Gasteiger partial charge >= 0.3 is 103 Å². The van der Waals surface area contributed by atoms with Crippen molar-refractivity contribution in [1.82, 2.24) is 0 Å². The molecule has 0 saturated carbocycles. The van der Waals surface area contributed by atoms with E-state index in [1.807, 2.05) is 0 Å². The molecule has 6 heteroatoms. The molecule has 0 unspecified atom stereocenters. The molecule has 0 N–H and O–H groups in total. The zero-order valence-electron chi connectivity index (χ0n) is 12.6. The maximum Gasteiger partial charge on any atom is 1.00 e. The maximum atomic E-state index is 10.0. The van der Waals surface area contributed by atoms with E-state index in [1.54, 1.807) is 0 Å². The van der Waals surface area contributed by atoms with Crippen molar-refractivity contribution < 1.29 is 117 Å². The minimum atomic E-state index is -2.10. The van der Waals surface area contributed by atoms with E-state index in [1.165, 1.54) is 51.4 Å². The Hall–Kier alpha value is 3.22. The first-order chi connectivity index (χ1) is 7.77. The van der Waals surface area contributed by atoms with Gasteiger partial charge in [0.25, 0.3) is 0 Å². The molecule has 0 aliphatic rings. The molecular formula is C12H25BK2O3. The Morgan fingerprint density at radius 1 is 0.722 bits per heavy atom. The van der Waals surface area contributed by atoms with Crippen LogP contribution >= 0.6 is 0 Å². The van der Waals surface area contributed by atoms with Crippen LogP contribution in [0.25, 0.3) is 0 Å². The van der Waals surface area contributed by atoms with E-state index >= 15 is 0 Å². The number of hydrogen-bond acceptors (Lipinski definition) is 3. The van der Waals surface area contributed by atoms with E-state index in [2.05, 4.69) is 11.6 Å². The average Bonchev–Trinajstić information content (AvgIpc) is 2.25. The van der Waals surface area contributed by atoms with Gasteiger partial charge in [0.05, 0.1) is 7.32 Å². The second-order valence-electron chi connectivity index (χ2n) is 4.34. The Bertz CT molecular complexity index is 140. The Labute approximate surface area is 198 Å². The predicted molar refractivity (Wildman–Crippen MR) is 63.6 cm³/mol. The van der Waals surface area contributed by atoms with Gasteiger partial charge in [-0.2, -0.15) is 0 Å². The van der Waals surface area contributed by atoms with Gasteiger partial charge in [0.1, 0.15) is 0 Å². The third kappa shape index (κ3) is 24.2. The van der Waals surface area contributed by atoms with E-state index in [4.69, 9.17) is 0 Å². The predicted octanol–water partition coefficient (Wildman–Crippen LogP) is -4.36. The molecule has 18 heavy (non-hydrogen) atoms. The number of rotatable bonds is 12. The largest absolute Gasteiger partial charge is 1.00 e. The van der Waals surface area contributed by atoms with Crippen LogP contribution in [0.5, 0.6) is 0 Å². The van der Waals surface area contributed by atoms with Gasteiger partial charge in [0.2, 0.25) is 0 Å². The van der Waals surface area contributed by atoms with Crippen molar-refractivity contribution in [3.63, 3.8) is 0 Å². The van der Waals surface area contributed by atoms with Crippen molar-refractivity contribution in [2.75, 3.05) is 6.61 Å². The first-order valence-corrected chi connectivity index (χ1v) is 6.70. The molecular weight excluding hydrogens is 281 g/mol. The second kappa shape index (κ2) is 22.5. The molecule has 0 radical (unpaired) electrons. The van der Waals surface area contributed by atoms with E-state index in [0.29, 0.717) is 6.61 Å². The quantitative estimate of drug-likeness (QED) is 0.270. The fourth-order valence-electron chi connectivity index (χ4n) is 1.77. The summed E-state index contributed by atoms with van der Waals surface area (Å²) in [5, 5.41) is 20.0. The summed E-state index contributed by atoms with van der Waals surface area (Å²) in [4.78, 5) is 0. The molecule has 0 aliphatic carbocycles. The van der Waals surface area contributed by atoms with Gasteiger partial charge < -0.3 is 14.7 Å². The van der Waals surface area contributed by atoms with Crippen molar-refractivity contribution >= 4 is 7.32 Å². The summed E-state index contributed by atoms with van der Waals surface area (Å²) >= 11 is 0. The summed E-state index contributed by atoms with van der Waals surface area (Å²) in [6, 6.07) is 0. The van der Waals surface area contributed by atoms with Crippen LogP contribution in [0.1, 0.15) is 71.1 Å². The maximum absolute atomic E-state index is 10.0. The molecule has 0 atom stereocenters. The monoisotopic (exact) mass is 306 g/mol. The molecule has 0 spiro atoms. The molecule has 0 rings (SSSR count). The van der Waals surface area contributed by atoms with Gasteiger partial charge in [-0.1, -0.05) is 64.7 Å². The van der Waals surface area contributed by atoms with Gasteiger partial charge in [-0.15, -0.1) is 0 Å². The molecule has 0 aromatic rings. The Morgan fingerprint density at radius 2 is 1.11 bits per heavy atom. The summed E-state index contributed by atoms with van der Waals surface area (Å²) in [7, 11) is -2.10. The van der Waals surface area contributed by atoms with Crippen LogP contribution in [-0.2, 0) is 4.65 Å². The van der Waals surface area contributed by atoms with Crippen molar-refractivity contribution in [2.45, 2.75) is 71.1 Å². The van der Waals surface area contributed by atoms with Crippen molar-refractivity contribution in [3.8, 4) is 0 Å². The zero-order chi connectivity index (χ0) is 12.1. The fourth-order valence-corrected chi connectivity index (χ4v) is 1.77. The molecule has 0 fully saturated rings. The second-order valence-corrected chi connectivity index (χ2v) is 4.34. The minimum absolute atomic E-state index is 0. The molecule has 0 aromatic heterocycles. The third-order valence-electron chi connectivity index (χ3n) is 2.75. The summed E-state index contributed by atoms with van der Waals surface area (Å²) in [5.41, 5.74) is 0. The van der Waals surface area contributed by atoms with Crippen LogP contribution in [0.3, 0.4) is 0 Å². The molecule has 0 aromatic carbocycles. The molecule has 96 valence electrons. The van der Waals surface area contributed by atoms with Crippen LogP contribution in [0.15, 0.2) is 0 Å². The van der Waals surface area contributed by atoms with Crippen LogP contribution in [0.2, 0.25) is 0 Å².